The van der Waals surface area contributed by atoms with Gasteiger partial charge in [-0.3, -0.25) is 52.7 Å². The third-order valence-corrected chi connectivity index (χ3v) is 17.4. The van der Waals surface area contributed by atoms with Gasteiger partial charge in [-0.2, -0.15) is 0 Å². The Balaban J connectivity index is 0.915. The van der Waals surface area contributed by atoms with Crippen molar-refractivity contribution in [2.24, 2.45) is 11.5 Å². The smallest absolute Gasteiger partial charge is 0.245 e. The number of benzene rings is 3. The van der Waals surface area contributed by atoms with E-state index in [0.29, 0.717) is 69.1 Å². The summed E-state index contributed by atoms with van der Waals surface area (Å²) in [5, 5.41) is 37.4. The lowest BCUT2D eigenvalue weighted by molar-refractivity contribution is -0.142. The number of nitrogens with one attached hydrogen (secondary N) is 14. The van der Waals surface area contributed by atoms with E-state index < -0.39 is 127 Å². The lowest BCUT2D eigenvalue weighted by atomic mass is 10.00. The fourth-order valence-corrected chi connectivity index (χ4v) is 12.3. The quantitative estimate of drug-likeness (QED) is 0.0208. The van der Waals surface area contributed by atoms with Crippen LogP contribution in [0.1, 0.15) is 73.0 Å². The van der Waals surface area contributed by atoms with E-state index in [1.165, 1.54) is 29.9 Å². The highest BCUT2D eigenvalue weighted by atomic mass is 16.3. The van der Waals surface area contributed by atoms with Crippen LogP contribution in [0.15, 0.2) is 116 Å². The molecule has 10 rings (SSSR count). The molecule has 0 unspecified atom stereocenters. The summed E-state index contributed by atoms with van der Waals surface area (Å²) in [5.41, 5.74) is 15.9. The van der Waals surface area contributed by atoms with Crippen molar-refractivity contribution in [2.75, 3.05) is 26.2 Å². The SMILES string of the molecule is NCCCC[C@H](NC(=O)[C@H](Cc1c[nH]c2ccccc12)NC(=O)[C@H](Cc1c[nH]c2ccccc12)NC(=O)[C@H](Cc1cnc[nH]1)NC(=O)[C@H](CO)NC(=O)[C@H](Cc1c[nH]c2ccccc12)NC(=O)[C@H](Cc1cnc[nH]1)NC(=O)[C@@H]1CCC(=O)N1)C(=O)N1CCC[C@H]1C(=O)NCC(N)=O. The van der Waals surface area contributed by atoms with E-state index in [2.05, 4.69) is 82.7 Å². The van der Waals surface area contributed by atoms with Gasteiger partial charge in [-0.15, -0.1) is 0 Å². The van der Waals surface area contributed by atoms with E-state index in [9.17, 15) is 43.5 Å². The zero-order chi connectivity index (χ0) is 68.5. The molecule has 2 aliphatic rings. The van der Waals surface area contributed by atoms with Crippen molar-refractivity contribution in [3.63, 3.8) is 0 Å². The molecule has 2 saturated heterocycles. The maximum absolute atomic E-state index is 15.4. The van der Waals surface area contributed by atoms with E-state index in [4.69, 9.17) is 11.5 Å². The maximum Gasteiger partial charge on any atom is 0.245 e. The highest BCUT2D eigenvalue weighted by Crippen LogP contribution is 2.25. The highest BCUT2D eigenvalue weighted by Gasteiger charge is 2.40. The molecule has 510 valence electrons. The van der Waals surface area contributed by atoms with E-state index in [1.807, 2.05) is 48.5 Å². The fraction of sp³-hybridized carbons (Fsp3) is 0.379. The van der Waals surface area contributed by atoms with Crippen LogP contribution in [-0.2, 0) is 84.8 Å². The second-order valence-electron chi connectivity index (χ2n) is 24.2. The fourth-order valence-electron chi connectivity index (χ4n) is 12.3. The molecule has 0 spiro atoms. The van der Waals surface area contributed by atoms with Crippen LogP contribution in [0.2, 0.25) is 0 Å². The lowest BCUT2D eigenvalue weighted by Gasteiger charge is -2.30. The molecule has 5 aromatic heterocycles. The molecule has 9 atom stereocenters. The number of aromatic nitrogens is 7. The van der Waals surface area contributed by atoms with Gasteiger partial charge in [-0.1, -0.05) is 54.6 Å². The number of fused-ring (bicyclic) bond motifs is 3. The van der Waals surface area contributed by atoms with Crippen LogP contribution < -0.4 is 59.3 Å². The third kappa shape index (κ3) is 17.6. The third-order valence-electron chi connectivity index (χ3n) is 17.4. The largest absolute Gasteiger partial charge is 0.394 e. The summed E-state index contributed by atoms with van der Waals surface area (Å²) in [4.78, 5) is 179. The number of hydrogen-bond acceptors (Lipinski definition) is 15. The summed E-state index contributed by atoms with van der Waals surface area (Å²) in [7, 11) is 0. The van der Waals surface area contributed by atoms with Gasteiger partial charge < -0.3 is 94.2 Å². The molecule has 0 radical (unpaired) electrons. The Morgan fingerprint density at radius 3 is 1.39 bits per heavy atom. The number of unbranched alkanes of at least 4 members (excludes halogenated alkanes) is 1. The molecular formula is C66H79N19O12. The molecule has 2 aliphatic heterocycles. The van der Waals surface area contributed by atoms with Gasteiger partial charge in [0.15, 0.2) is 0 Å². The number of hydrogen-bond donors (Lipinski definition) is 17. The number of aliphatic hydroxyl groups excluding tert-OH is 1. The summed E-state index contributed by atoms with van der Waals surface area (Å²) < 4.78 is 0. The number of carbonyl (C=O) groups excluding carboxylic acids is 11. The van der Waals surface area contributed by atoms with Crippen LogP contribution in [0, 0.1) is 0 Å². The number of aliphatic hydroxyl groups is 1. The summed E-state index contributed by atoms with van der Waals surface area (Å²) >= 11 is 0. The van der Waals surface area contributed by atoms with Crippen molar-refractivity contribution in [1.29, 1.82) is 0 Å². The first kappa shape index (κ1) is 68.6. The summed E-state index contributed by atoms with van der Waals surface area (Å²) in [6, 6.07) is 9.55. The predicted molar refractivity (Wildman–Crippen MR) is 352 cm³/mol. The maximum atomic E-state index is 15.4. The first-order valence-corrected chi connectivity index (χ1v) is 32.1. The monoisotopic (exact) mass is 1330 g/mol. The molecule has 3 aromatic carbocycles. The lowest BCUT2D eigenvalue weighted by Crippen LogP contribution is -2.62. The van der Waals surface area contributed by atoms with Crippen molar-refractivity contribution in [3.05, 3.63) is 145 Å². The molecular weight excluding hydrogens is 1250 g/mol. The number of nitrogens with zero attached hydrogens (tertiary/aromatic N) is 3. The Labute approximate surface area is 554 Å². The molecule has 31 nitrogen and oxygen atoms in total. The Hall–Kier alpha value is -11.2. The number of primary amides is 1. The number of rotatable bonds is 33. The van der Waals surface area contributed by atoms with Gasteiger partial charge >= 0.3 is 0 Å². The number of H-pyrrole nitrogens is 5. The Kier molecular flexibility index (Phi) is 22.8. The molecule has 19 N–H and O–H groups in total. The minimum absolute atomic E-state index is 0.103. The van der Waals surface area contributed by atoms with Crippen LogP contribution in [0.25, 0.3) is 32.7 Å². The summed E-state index contributed by atoms with van der Waals surface area (Å²) in [5.74, 6) is -8.30. The number of para-hydroxylation sites is 3. The molecule has 8 aromatic rings. The van der Waals surface area contributed by atoms with Crippen LogP contribution >= 0.6 is 0 Å². The Morgan fingerprint density at radius 2 is 0.969 bits per heavy atom. The second kappa shape index (κ2) is 32.3. The van der Waals surface area contributed by atoms with Gasteiger partial charge in [0, 0.05) is 120 Å². The molecule has 11 amide bonds. The van der Waals surface area contributed by atoms with Crippen molar-refractivity contribution in [1.82, 2.24) is 87.6 Å². The zero-order valence-corrected chi connectivity index (χ0v) is 52.9. The first-order chi connectivity index (χ1) is 46.9. The average Bonchev–Trinajstić information content (AvgIpc) is 1.76. The first-order valence-electron chi connectivity index (χ1n) is 32.1. The summed E-state index contributed by atoms with van der Waals surface area (Å²) in [6.07, 6.45) is 11.7. The molecule has 2 fully saturated rings. The second-order valence-corrected chi connectivity index (χ2v) is 24.2. The number of nitrogens with two attached hydrogens (primary N) is 2. The van der Waals surface area contributed by atoms with Crippen LogP contribution in [0.3, 0.4) is 0 Å². The van der Waals surface area contributed by atoms with Crippen LogP contribution in [0.4, 0.5) is 0 Å². The topological polar surface area (TPSA) is 476 Å². The molecule has 31 heteroatoms. The van der Waals surface area contributed by atoms with E-state index >= 15 is 14.4 Å². The number of aromatic amines is 5. The molecule has 0 aliphatic carbocycles. The minimum atomic E-state index is -1.78. The van der Waals surface area contributed by atoms with Gasteiger partial charge in [0.1, 0.15) is 54.4 Å². The predicted octanol–water partition coefficient (Wildman–Crippen LogP) is -1.52. The minimum Gasteiger partial charge on any atom is -0.394 e. The van der Waals surface area contributed by atoms with Gasteiger partial charge in [0.05, 0.1) is 25.8 Å². The standard InChI is InChI=1S/C66H79N19O12/c67-20-8-7-16-48(66(97)85-21-9-17-55(85)65(96)74-32-56(68)87)78-59(90)49(22-36-27-71-44-13-4-1-10-41(36)44)79-60(91)50(23-37-28-72-45-14-5-2-11-42(37)45)80-63(94)53(26-40-31-70-35-76-40)83-64(95)54(33-86)84-61(92)51(24-38-29-73-46-15-6-3-12-43(38)46)81-62(93)52(25-39-30-69-34-75-39)82-58(89)47-18-19-57(88)77-47/h1-6,10-15,27-31,34-35,47-55,71-73,86H,7-9,16-26,32-33,67H2,(H2,68,87)(H,69,75)(H,70,76)(H,74,96)(H,77,88)(H,78,90)(H,79,91)(H,80,94)(H,81,93)(H,82,89)(H,83,95)(H,84,92)/t47-,48-,49-,50-,51-,52-,53-,54-,55-/m0/s1. The van der Waals surface area contributed by atoms with Crippen molar-refractivity contribution >= 4 is 97.7 Å². The van der Waals surface area contributed by atoms with E-state index in [1.54, 1.807) is 42.9 Å². The van der Waals surface area contributed by atoms with Gasteiger partial charge in [0.25, 0.3) is 0 Å². The van der Waals surface area contributed by atoms with E-state index in [0.717, 1.165) is 10.9 Å². The molecule has 7 heterocycles. The number of imidazole rings is 2. The van der Waals surface area contributed by atoms with Crippen LogP contribution in [0.5, 0.6) is 0 Å². The van der Waals surface area contributed by atoms with E-state index in [-0.39, 0.29) is 76.8 Å². The van der Waals surface area contributed by atoms with Crippen LogP contribution in [-0.4, -0.2) is 190 Å². The number of carbonyl (C=O) groups is 11. The number of amides is 11. The van der Waals surface area contributed by atoms with Crippen molar-refractivity contribution in [2.45, 2.75) is 131 Å². The zero-order valence-electron chi connectivity index (χ0n) is 52.9. The van der Waals surface area contributed by atoms with Gasteiger partial charge in [-0.05, 0) is 80.0 Å². The normalized spacial score (nSPS) is 16.6. The number of likely N-dealkylation sites (tertiary alicyclic amines) is 1. The molecule has 97 heavy (non-hydrogen) atoms. The van der Waals surface area contributed by atoms with Gasteiger partial charge in [-0.25, -0.2) is 9.97 Å². The van der Waals surface area contributed by atoms with Crippen molar-refractivity contribution < 1.29 is 57.8 Å². The van der Waals surface area contributed by atoms with Gasteiger partial charge in [0.2, 0.25) is 65.0 Å². The van der Waals surface area contributed by atoms with Crippen molar-refractivity contribution in [3.8, 4) is 0 Å². The summed E-state index contributed by atoms with van der Waals surface area (Å²) in [6.45, 7) is -1.01. The Morgan fingerprint density at radius 1 is 0.536 bits per heavy atom. The molecule has 0 saturated carbocycles. The molecule has 0 bridgehead atoms. The Bertz CT molecular complexity index is 4130. The highest BCUT2D eigenvalue weighted by molar-refractivity contribution is 6.00. The average molecular weight is 1330 g/mol.